The molecule has 2 atom stereocenters. The van der Waals surface area contributed by atoms with Crippen LogP contribution in [-0.2, 0) is 11.2 Å². The van der Waals surface area contributed by atoms with Crippen LogP contribution in [0.25, 0.3) is 0 Å². The Hall–Kier alpha value is -2.11. The van der Waals surface area contributed by atoms with Crippen LogP contribution >= 0.6 is 0 Å². The van der Waals surface area contributed by atoms with Gasteiger partial charge in [-0.05, 0) is 30.9 Å². The Kier molecular flexibility index (Phi) is 3.53. The van der Waals surface area contributed by atoms with Gasteiger partial charge in [-0.3, -0.25) is 14.9 Å². The molecule has 0 radical (unpaired) electrons. The van der Waals surface area contributed by atoms with Crippen LogP contribution in [0, 0.1) is 16.0 Å². The molecule has 1 fully saturated rings. The largest absolute Gasteiger partial charge is 0.481 e. The van der Waals surface area contributed by atoms with Crippen molar-refractivity contribution in [1.82, 2.24) is 0 Å². The molecule has 0 aliphatic carbocycles. The smallest absolute Gasteiger partial charge is 0.308 e. The maximum absolute atomic E-state index is 11.6. The maximum Gasteiger partial charge on any atom is 0.308 e. The van der Waals surface area contributed by atoms with Gasteiger partial charge >= 0.3 is 5.97 Å². The van der Waals surface area contributed by atoms with Crippen molar-refractivity contribution in [3.05, 3.63) is 33.9 Å². The molecule has 2 heterocycles. The molecule has 0 saturated carbocycles. The average molecular weight is 290 g/mol. The summed E-state index contributed by atoms with van der Waals surface area (Å²) in [5.41, 5.74) is 1.80. The molecule has 6 heteroatoms. The molecule has 0 bridgehead atoms. The maximum atomic E-state index is 11.6. The summed E-state index contributed by atoms with van der Waals surface area (Å²) in [6.45, 7) is 0.833. The van der Waals surface area contributed by atoms with Crippen molar-refractivity contribution >= 4 is 17.3 Å². The fourth-order valence-electron chi connectivity index (χ4n) is 3.61. The molecule has 0 amide bonds. The van der Waals surface area contributed by atoms with Crippen LogP contribution in [0.4, 0.5) is 11.4 Å². The molecule has 112 valence electrons. The van der Waals surface area contributed by atoms with Crippen LogP contribution in [0.5, 0.6) is 0 Å². The molecule has 0 aromatic heterocycles. The number of rotatable bonds is 2. The van der Waals surface area contributed by atoms with E-state index < -0.39 is 16.8 Å². The predicted octanol–water partition coefficient (Wildman–Crippen LogP) is 2.60. The Morgan fingerprint density at radius 1 is 1.33 bits per heavy atom. The fraction of sp³-hybridized carbons (Fsp3) is 0.533. The van der Waals surface area contributed by atoms with E-state index in [1.165, 1.54) is 12.1 Å². The lowest BCUT2D eigenvalue weighted by molar-refractivity contribution is -0.384. The van der Waals surface area contributed by atoms with E-state index in [9.17, 15) is 20.0 Å². The SMILES string of the molecule is O=C(O)[C@H]1Cc2cc([N+](=O)[O-])ccc2N2CCCCC[C@@H]12. The van der Waals surface area contributed by atoms with Crippen molar-refractivity contribution in [3.63, 3.8) is 0 Å². The van der Waals surface area contributed by atoms with E-state index in [0.29, 0.717) is 6.42 Å². The first-order chi connectivity index (χ1) is 10.1. The second-order valence-corrected chi connectivity index (χ2v) is 5.83. The van der Waals surface area contributed by atoms with Crippen LogP contribution in [0.2, 0.25) is 0 Å². The third-order valence-corrected chi connectivity index (χ3v) is 4.60. The van der Waals surface area contributed by atoms with Gasteiger partial charge in [0, 0.05) is 30.4 Å². The highest BCUT2D eigenvalue weighted by molar-refractivity contribution is 5.75. The third-order valence-electron chi connectivity index (χ3n) is 4.60. The Bertz CT molecular complexity index is 587. The number of anilines is 1. The number of fused-ring (bicyclic) bond motifs is 3. The van der Waals surface area contributed by atoms with Crippen molar-refractivity contribution in [3.8, 4) is 0 Å². The number of hydrogen-bond acceptors (Lipinski definition) is 4. The van der Waals surface area contributed by atoms with Gasteiger partial charge in [0.25, 0.3) is 5.69 Å². The Labute approximate surface area is 122 Å². The van der Waals surface area contributed by atoms with Gasteiger partial charge in [-0.2, -0.15) is 0 Å². The van der Waals surface area contributed by atoms with Crippen LogP contribution in [0.1, 0.15) is 31.2 Å². The topological polar surface area (TPSA) is 83.7 Å². The molecule has 0 unspecified atom stereocenters. The highest BCUT2D eigenvalue weighted by Gasteiger charge is 2.39. The summed E-state index contributed by atoms with van der Waals surface area (Å²) in [5.74, 6) is -1.28. The molecule has 3 rings (SSSR count). The summed E-state index contributed by atoms with van der Waals surface area (Å²) in [4.78, 5) is 24.2. The first kappa shape index (κ1) is 13.9. The van der Waals surface area contributed by atoms with Crippen molar-refractivity contribution < 1.29 is 14.8 Å². The number of nitro groups is 1. The van der Waals surface area contributed by atoms with Crippen molar-refractivity contribution in [1.29, 1.82) is 0 Å². The Morgan fingerprint density at radius 2 is 2.14 bits per heavy atom. The van der Waals surface area contributed by atoms with Gasteiger partial charge in [-0.1, -0.05) is 12.8 Å². The van der Waals surface area contributed by atoms with E-state index in [-0.39, 0.29) is 11.7 Å². The Morgan fingerprint density at radius 3 is 2.86 bits per heavy atom. The molecule has 2 aliphatic rings. The summed E-state index contributed by atoms with van der Waals surface area (Å²) < 4.78 is 0. The summed E-state index contributed by atoms with van der Waals surface area (Å²) in [5, 5.41) is 20.4. The third kappa shape index (κ3) is 2.46. The van der Waals surface area contributed by atoms with Crippen molar-refractivity contribution in [2.75, 3.05) is 11.4 Å². The summed E-state index contributed by atoms with van der Waals surface area (Å²) in [6.07, 6.45) is 4.47. The van der Waals surface area contributed by atoms with Gasteiger partial charge in [0.2, 0.25) is 0 Å². The van der Waals surface area contributed by atoms with E-state index >= 15 is 0 Å². The number of hydrogen-bond donors (Lipinski definition) is 1. The number of carboxylic acid groups (broad SMARTS) is 1. The molecule has 6 nitrogen and oxygen atoms in total. The first-order valence-corrected chi connectivity index (χ1v) is 7.34. The summed E-state index contributed by atoms with van der Waals surface area (Å²) in [7, 11) is 0. The zero-order valence-electron chi connectivity index (χ0n) is 11.7. The van der Waals surface area contributed by atoms with Gasteiger partial charge in [0.1, 0.15) is 0 Å². The number of non-ortho nitro benzene ring substituents is 1. The minimum absolute atomic E-state index is 0.0129. The molecular weight excluding hydrogens is 272 g/mol. The lowest BCUT2D eigenvalue weighted by atomic mass is 9.83. The van der Waals surface area contributed by atoms with E-state index in [1.807, 2.05) is 0 Å². The van der Waals surface area contributed by atoms with Gasteiger partial charge < -0.3 is 10.0 Å². The standard InChI is InChI=1S/C15H18N2O4/c18-15(19)12-9-10-8-11(17(20)21)5-6-13(10)16-7-3-1-2-4-14(12)16/h5-6,8,12,14H,1-4,7,9H2,(H,18,19)/t12-,14-/m0/s1. The molecular formula is C15H18N2O4. The predicted molar refractivity (Wildman–Crippen MR) is 77.5 cm³/mol. The molecule has 21 heavy (non-hydrogen) atoms. The monoisotopic (exact) mass is 290 g/mol. The normalized spacial score (nSPS) is 24.7. The van der Waals surface area contributed by atoms with E-state index in [1.54, 1.807) is 6.07 Å². The Balaban J connectivity index is 2.05. The minimum atomic E-state index is -0.802. The first-order valence-electron chi connectivity index (χ1n) is 7.34. The van der Waals surface area contributed by atoms with Crippen molar-refractivity contribution in [2.45, 2.75) is 38.1 Å². The summed E-state index contributed by atoms with van der Waals surface area (Å²) in [6, 6.07) is 4.84. The van der Waals surface area contributed by atoms with Crippen molar-refractivity contribution in [2.24, 2.45) is 5.92 Å². The van der Waals surface area contributed by atoms with Crippen LogP contribution in [0.3, 0.4) is 0 Å². The minimum Gasteiger partial charge on any atom is -0.481 e. The molecule has 1 N–H and O–H groups in total. The zero-order valence-corrected chi connectivity index (χ0v) is 11.7. The lowest BCUT2D eigenvalue weighted by Crippen LogP contribution is -2.48. The molecule has 1 aromatic carbocycles. The highest BCUT2D eigenvalue weighted by Crippen LogP contribution is 2.39. The summed E-state index contributed by atoms with van der Waals surface area (Å²) >= 11 is 0. The highest BCUT2D eigenvalue weighted by atomic mass is 16.6. The number of benzene rings is 1. The molecule has 1 aromatic rings. The van der Waals surface area contributed by atoms with E-state index in [2.05, 4.69) is 4.90 Å². The number of carbonyl (C=O) groups is 1. The van der Waals surface area contributed by atoms with Gasteiger partial charge in [0.15, 0.2) is 0 Å². The second-order valence-electron chi connectivity index (χ2n) is 5.83. The molecule has 1 saturated heterocycles. The quantitative estimate of drug-likeness (QED) is 0.668. The van der Waals surface area contributed by atoms with Gasteiger partial charge in [0.05, 0.1) is 10.8 Å². The van der Waals surface area contributed by atoms with E-state index in [0.717, 1.165) is 43.5 Å². The number of nitrogens with zero attached hydrogens (tertiary/aromatic N) is 2. The second kappa shape index (κ2) is 5.35. The number of carboxylic acids is 1. The van der Waals surface area contributed by atoms with Gasteiger partial charge in [-0.15, -0.1) is 0 Å². The number of nitro benzene ring substituents is 1. The van der Waals surface area contributed by atoms with Crippen LogP contribution < -0.4 is 4.90 Å². The molecule has 0 spiro atoms. The van der Waals surface area contributed by atoms with Crippen LogP contribution in [-0.4, -0.2) is 28.6 Å². The van der Waals surface area contributed by atoms with E-state index in [4.69, 9.17) is 0 Å². The average Bonchev–Trinajstić information content (AvgIpc) is 2.71. The zero-order chi connectivity index (χ0) is 15.0. The van der Waals surface area contributed by atoms with Crippen LogP contribution in [0.15, 0.2) is 18.2 Å². The number of aliphatic carboxylic acids is 1. The molecule has 2 aliphatic heterocycles. The fourth-order valence-corrected chi connectivity index (χ4v) is 3.61. The lowest BCUT2D eigenvalue weighted by Gasteiger charge is -2.41. The van der Waals surface area contributed by atoms with Gasteiger partial charge in [-0.25, -0.2) is 0 Å².